The molecule has 1 aromatic heterocycles. The van der Waals surface area contributed by atoms with Gasteiger partial charge < -0.3 is 10.1 Å². The van der Waals surface area contributed by atoms with Crippen LogP contribution in [0.5, 0.6) is 0 Å². The fourth-order valence-electron chi connectivity index (χ4n) is 3.92. The zero-order valence-electron chi connectivity index (χ0n) is 17.6. The smallest absolute Gasteiger partial charge is 0.272 e. The Balaban J connectivity index is 1.59. The quantitative estimate of drug-likeness (QED) is 0.543. The molecule has 1 fully saturated rings. The first-order valence-electron chi connectivity index (χ1n) is 10.3. The Morgan fingerprint density at radius 3 is 2.80 bits per heavy atom. The average molecular weight is 446 g/mol. The predicted molar refractivity (Wildman–Crippen MR) is 121 cm³/mol. The lowest BCUT2D eigenvalue weighted by Gasteiger charge is -2.15. The summed E-state index contributed by atoms with van der Waals surface area (Å²) in [6.45, 7) is 7.45. The molecule has 2 aromatic rings. The maximum atomic E-state index is 13.4. The Hall–Kier alpha value is -1.77. The molecule has 2 aliphatic heterocycles. The van der Waals surface area contributed by atoms with Gasteiger partial charge >= 0.3 is 0 Å². The molecule has 4 rings (SSSR count). The Morgan fingerprint density at radius 1 is 1.33 bits per heavy atom. The van der Waals surface area contributed by atoms with E-state index in [-0.39, 0.29) is 23.3 Å². The number of nitrogens with zero attached hydrogens (tertiary/aromatic N) is 2. The van der Waals surface area contributed by atoms with Gasteiger partial charge in [-0.1, -0.05) is 24.8 Å². The minimum Gasteiger partial charge on any atom is -0.376 e. The summed E-state index contributed by atoms with van der Waals surface area (Å²) >= 11 is 2.91. The van der Waals surface area contributed by atoms with E-state index in [9.17, 15) is 9.59 Å². The van der Waals surface area contributed by atoms with Crippen LogP contribution < -0.4 is 10.9 Å². The van der Waals surface area contributed by atoms with Crippen molar-refractivity contribution < 1.29 is 9.53 Å². The van der Waals surface area contributed by atoms with Crippen LogP contribution in [0, 0.1) is 13.8 Å². The van der Waals surface area contributed by atoms with Crippen LogP contribution in [0.2, 0.25) is 0 Å². The maximum absolute atomic E-state index is 13.4. The molecule has 2 atom stereocenters. The number of aromatic nitrogens is 2. The molecule has 0 radical (unpaired) electrons. The monoisotopic (exact) mass is 445 g/mol. The Labute approximate surface area is 185 Å². The number of hydrogen-bond acceptors (Lipinski definition) is 6. The van der Waals surface area contributed by atoms with Crippen LogP contribution in [0.4, 0.5) is 0 Å². The molecular weight excluding hydrogens is 418 g/mol. The van der Waals surface area contributed by atoms with Crippen molar-refractivity contribution in [2.75, 3.05) is 18.9 Å². The Kier molecular flexibility index (Phi) is 6.55. The molecule has 3 heterocycles. The zero-order valence-corrected chi connectivity index (χ0v) is 19.2. The van der Waals surface area contributed by atoms with Crippen molar-refractivity contribution in [3.63, 3.8) is 0 Å². The molecule has 6 nitrogen and oxygen atoms in total. The normalized spacial score (nSPS) is 20.4. The summed E-state index contributed by atoms with van der Waals surface area (Å²) in [6.07, 6.45) is 2.93. The molecule has 8 heteroatoms. The molecule has 30 heavy (non-hydrogen) atoms. The molecule has 0 spiro atoms. The van der Waals surface area contributed by atoms with Crippen LogP contribution in [0.3, 0.4) is 0 Å². The van der Waals surface area contributed by atoms with E-state index < -0.39 is 0 Å². The third-order valence-corrected chi connectivity index (χ3v) is 7.38. The molecule has 0 saturated carbocycles. The topological polar surface area (TPSA) is 73.2 Å². The van der Waals surface area contributed by atoms with Crippen LogP contribution in [-0.4, -0.2) is 45.7 Å². The van der Waals surface area contributed by atoms with E-state index in [1.165, 1.54) is 11.8 Å². The van der Waals surface area contributed by atoms with Crippen LogP contribution in [0.25, 0.3) is 5.69 Å². The number of rotatable bonds is 6. The summed E-state index contributed by atoms with van der Waals surface area (Å²) in [5.41, 5.74) is 3.78. The predicted octanol–water partition coefficient (Wildman–Crippen LogP) is 3.27. The van der Waals surface area contributed by atoms with E-state index in [1.54, 1.807) is 16.3 Å². The second kappa shape index (κ2) is 9.16. The number of carbonyl (C=O) groups excluding carboxylic acids is 1. The summed E-state index contributed by atoms with van der Waals surface area (Å²) in [5, 5.41) is 3.85. The van der Waals surface area contributed by atoms with Crippen molar-refractivity contribution in [2.45, 2.75) is 61.4 Å². The van der Waals surface area contributed by atoms with Gasteiger partial charge in [0.2, 0.25) is 5.91 Å². The van der Waals surface area contributed by atoms with Crippen molar-refractivity contribution in [3.05, 3.63) is 45.4 Å². The van der Waals surface area contributed by atoms with Gasteiger partial charge in [0.25, 0.3) is 5.56 Å². The van der Waals surface area contributed by atoms with Crippen molar-refractivity contribution in [1.29, 1.82) is 0 Å². The van der Waals surface area contributed by atoms with Crippen molar-refractivity contribution in [2.24, 2.45) is 0 Å². The first-order chi connectivity index (χ1) is 14.4. The largest absolute Gasteiger partial charge is 0.376 e. The van der Waals surface area contributed by atoms with Crippen LogP contribution in [0.1, 0.15) is 36.6 Å². The lowest BCUT2D eigenvalue weighted by atomic mass is 10.1. The summed E-state index contributed by atoms with van der Waals surface area (Å²) in [7, 11) is 0. The average Bonchev–Trinajstić information content (AvgIpc) is 3.33. The number of ether oxygens (including phenoxy) is 1. The summed E-state index contributed by atoms with van der Waals surface area (Å²) in [5.74, 6) is 0.144. The molecular formula is C22H27N3O3S2. The molecule has 0 bridgehead atoms. The van der Waals surface area contributed by atoms with Gasteiger partial charge in [0.1, 0.15) is 0 Å². The van der Waals surface area contributed by atoms with Gasteiger partial charge in [-0.3, -0.25) is 14.2 Å². The lowest BCUT2D eigenvalue weighted by molar-refractivity contribution is -0.119. The second-order valence-corrected chi connectivity index (χ2v) is 10.4. The van der Waals surface area contributed by atoms with Gasteiger partial charge in [0.05, 0.1) is 28.1 Å². The SMILES string of the molecule is Cc1cc(C)cc(-n2c(SCC(=O)NC[C@@H]3CCCO3)nc3c(c2=O)S[C@@H](C)C3)c1. The molecule has 0 unspecified atom stereocenters. The van der Waals surface area contributed by atoms with Crippen LogP contribution in [0.15, 0.2) is 33.0 Å². The lowest BCUT2D eigenvalue weighted by Crippen LogP contribution is -2.33. The number of hydrogen-bond donors (Lipinski definition) is 1. The summed E-state index contributed by atoms with van der Waals surface area (Å²) < 4.78 is 7.23. The molecule has 1 N–H and O–H groups in total. The third-order valence-electron chi connectivity index (χ3n) is 5.23. The highest BCUT2D eigenvalue weighted by Crippen LogP contribution is 2.35. The number of carbonyl (C=O) groups is 1. The number of nitrogens with one attached hydrogen (secondary N) is 1. The van der Waals surface area contributed by atoms with E-state index in [1.807, 2.05) is 26.0 Å². The number of amides is 1. The van der Waals surface area contributed by atoms with Crippen molar-refractivity contribution in [3.8, 4) is 5.69 Å². The molecule has 0 aliphatic carbocycles. The molecule has 1 amide bonds. The zero-order chi connectivity index (χ0) is 21.3. The molecule has 2 aliphatic rings. The van der Waals surface area contributed by atoms with E-state index >= 15 is 0 Å². The fourth-order valence-corrected chi connectivity index (χ4v) is 5.87. The highest BCUT2D eigenvalue weighted by Gasteiger charge is 2.27. The molecule has 1 aromatic carbocycles. The third kappa shape index (κ3) is 4.76. The van der Waals surface area contributed by atoms with E-state index in [4.69, 9.17) is 9.72 Å². The summed E-state index contributed by atoms with van der Waals surface area (Å²) in [4.78, 5) is 31.3. The van der Waals surface area contributed by atoms with E-state index in [0.29, 0.717) is 17.0 Å². The number of fused-ring (bicyclic) bond motifs is 1. The number of aryl methyl sites for hydroxylation is 2. The van der Waals surface area contributed by atoms with Crippen LogP contribution >= 0.6 is 23.5 Å². The number of thioether (sulfide) groups is 2. The van der Waals surface area contributed by atoms with Crippen LogP contribution in [-0.2, 0) is 16.0 Å². The van der Waals surface area contributed by atoms with Gasteiger partial charge in [0, 0.05) is 24.8 Å². The fraction of sp³-hybridized carbons (Fsp3) is 0.500. The Bertz CT molecular complexity index is 995. The number of benzene rings is 1. The van der Waals surface area contributed by atoms with Gasteiger partial charge in [-0.05, 0) is 49.9 Å². The standard InChI is InChI=1S/C22H27N3O3S2/c1-13-7-14(2)9-16(8-13)25-21(27)20-18(10-15(3)30-20)24-22(25)29-12-19(26)23-11-17-5-4-6-28-17/h7-9,15,17H,4-6,10-12H2,1-3H3,(H,23,26)/t15-,17-/m0/s1. The molecule has 1 saturated heterocycles. The first kappa shape index (κ1) is 21.5. The van der Waals surface area contributed by atoms with Crippen molar-refractivity contribution in [1.82, 2.24) is 14.9 Å². The van der Waals surface area contributed by atoms with E-state index in [2.05, 4.69) is 18.3 Å². The molecule has 160 valence electrons. The van der Waals surface area contributed by atoms with Gasteiger partial charge in [-0.25, -0.2) is 4.98 Å². The second-order valence-electron chi connectivity index (χ2n) is 8.02. The minimum absolute atomic E-state index is 0.0402. The highest BCUT2D eigenvalue weighted by atomic mass is 32.2. The first-order valence-corrected chi connectivity index (χ1v) is 12.2. The van der Waals surface area contributed by atoms with Crippen molar-refractivity contribution >= 4 is 29.4 Å². The van der Waals surface area contributed by atoms with Gasteiger partial charge in [-0.2, -0.15) is 0 Å². The van der Waals surface area contributed by atoms with E-state index in [0.717, 1.165) is 53.3 Å². The summed E-state index contributed by atoms with van der Waals surface area (Å²) in [6, 6.07) is 6.07. The maximum Gasteiger partial charge on any atom is 0.272 e. The highest BCUT2D eigenvalue weighted by molar-refractivity contribution is 8.00. The van der Waals surface area contributed by atoms with Gasteiger partial charge in [0.15, 0.2) is 5.16 Å². The van der Waals surface area contributed by atoms with Gasteiger partial charge in [-0.15, -0.1) is 11.8 Å². The Morgan fingerprint density at radius 2 is 2.10 bits per heavy atom. The minimum atomic E-state index is -0.0695.